The van der Waals surface area contributed by atoms with Crippen LogP contribution in [0.15, 0.2) is 40.3 Å². The summed E-state index contributed by atoms with van der Waals surface area (Å²) in [6, 6.07) is 4.97. The van der Waals surface area contributed by atoms with Crippen molar-refractivity contribution >= 4 is 44.2 Å². The zero-order valence-corrected chi connectivity index (χ0v) is 16.9. The number of carbonyl (C=O) groups excluding carboxylic acids is 1. The number of pyridine rings is 1. The van der Waals surface area contributed by atoms with Gasteiger partial charge in [0, 0.05) is 24.1 Å². The van der Waals surface area contributed by atoms with Crippen LogP contribution < -0.4 is 10.1 Å². The first kappa shape index (κ1) is 20.2. The van der Waals surface area contributed by atoms with Gasteiger partial charge in [-0.2, -0.15) is 0 Å². The van der Waals surface area contributed by atoms with Crippen LogP contribution in [0.5, 0.6) is 11.5 Å². The van der Waals surface area contributed by atoms with Crippen LogP contribution >= 0.6 is 27.3 Å². The average Bonchev–Trinajstić information content (AvgIpc) is 3.12. The first-order valence-corrected chi connectivity index (χ1v) is 9.69. The minimum atomic E-state index is -0.812. The average molecular weight is 470 g/mol. The minimum Gasteiger partial charge on any atom is -0.469 e. The van der Waals surface area contributed by atoms with Gasteiger partial charge in [-0.1, -0.05) is 6.07 Å². The Hall–Kier alpha value is -2.59. The Morgan fingerprint density at radius 1 is 1.32 bits per heavy atom. The van der Waals surface area contributed by atoms with E-state index in [1.165, 1.54) is 36.8 Å². The van der Waals surface area contributed by atoms with Crippen LogP contribution in [0.2, 0.25) is 0 Å². The van der Waals surface area contributed by atoms with E-state index >= 15 is 0 Å². The molecule has 3 rings (SSSR count). The molecule has 0 saturated carbocycles. The molecule has 1 N–H and O–H groups in total. The molecule has 0 bridgehead atoms. The number of anilines is 2. The summed E-state index contributed by atoms with van der Waals surface area (Å²) in [4.78, 5) is 19.8. The Morgan fingerprint density at radius 3 is 2.79 bits per heavy atom. The second-order valence-corrected chi connectivity index (χ2v) is 7.21. The lowest BCUT2D eigenvalue weighted by Crippen LogP contribution is -2.02. The molecule has 3 aromatic rings. The molecule has 28 heavy (non-hydrogen) atoms. The maximum atomic E-state index is 13.8. The number of hydrogen-bond donors (Lipinski definition) is 1. The maximum absolute atomic E-state index is 13.8. The summed E-state index contributed by atoms with van der Waals surface area (Å²) in [5.74, 6) is -1.87. The van der Waals surface area contributed by atoms with Crippen molar-refractivity contribution in [3.63, 3.8) is 0 Å². The smallest absolute Gasteiger partial charge is 0.305 e. The maximum Gasteiger partial charge on any atom is 0.305 e. The molecule has 0 radical (unpaired) electrons. The number of rotatable bonds is 7. The van der Waals surface area contributed by atoms with Gasteiger partial charge < -0.3 is 14.8 Å². The summed E-state index contributed by atoms with van der Waals surface area (Å²) in [6.07, 6.45) is 2.14. The Labute approximate surface area is 171 Å². The molecule has 0 spiro atoms. The van der Waals surface area contributed by atoms with Crippen molar-refractivity contribution in [2.75, 3.05) is 12.4 Å². The summed E-state index contributed by atoms with van der Waals surface area (Å²) in [5, 5.41) is 5.37. The third-order valence-electron chi connectivity index (χ3n) is 3.55. The lowest BCUT2D eigenvalue weighted by Gasteiger charge is -2.11. The van der Waals surface area contributed by atoms with Gasteiger partial charge in [-0.15, -0.1) is 11.3 Å². The third kappa shape index (κ3) is 5.02. The molecule has 10 heteroatoms. The Kier molecular flexibility index (Phi) is 6.53. The molecule has 0 fully saturated rings. The molecule has 0 unspecified atom stereocenters. The summed E-state index contributed by atoms with van der Waals surface area (Å²) in [7, 11) is 1.34. The summed E-state index contributed by atoms with van der Waals surface area (Å²) in [5.41, 5.74) is 0.736. The van der Waals surface area contributed by atoms with Crippen molar-refractivity contribution in [2.24, 2.45) is 0 Å². The molecule has 0 aliphatic heterocycles. The minimum absolute atomic E-state index is 0.184. The number of carbonyl (C=O) groups is 1. The second-order valence-electron chi connectivity index (χ2n) is 5.50. The van der Waals surface area contributed by atoms with Crippen molar-refractivity contribution in [3.8, 4) is 11.5 Å². The number of benzene rings is 1. The van der Waals surface area contributed by atoms with Crippen LogP contribution in [0.25, 0.3) is 0 Å². The van der Waals surface area contributed by atoms with E-state index < -0.39 is 17.4 Å². The number of hydrogen-bond acceptors (Lipinski definition) is 7. The Balaban J connectivity index is 1.73. The highest BCUT2D eigenvalue weighted by atomic mass is 79.9. The number of esters is 1. The Morgan fingerprint density at radius 2 is 2.07 bits per heavy atom. The van der Waals surface area contributed by atoms with Crippen LogP contribution in [-0.2, 0) is 16.0 Å². The van der Waals surface area contributed by atoms with Gasteiger partial charge in [0.1, 0.15) is 11.6 Å². The standard InChI is InChI=1S/C18H14BrF2N3O3S/c1-26-16(25)6-5-10-9-28-18(23-10)24-15-7-14(11(19)8-22-15)27-17-12(20)3-2-4-13(17)21/h2-4,7-9H,5-6H2,1H3,(H,22,23,24). The normalized spacial score (nSPS) is 10.6. The summed E-state index contributed by atoms with van der Waals surface area (Å²) < 4.78 is 38.1. The lowest BCUT2D eigenvalue weighted by atomic mass is 10.2. The van der Waals surface area contributed by atoms with Crippen molar-refractivity contribution in [2.45, 2.75) is 12.8 Å². The molecular weight excluding hydrogens is 456 g/mol. The van der Waals surface area contributed by atoms with Gasteiger partial charge in [0.05, 0.1) is 23.7 Å². The lowest BCUT2D eigenvalue weighted by molar-refractivity contribution is -0.140. The van der Waals surface area contributed by atoms with Crippen LogP contribution in [0, 0.1) is 11.6 Å². The van der Waals surface area contributed by atoms with Gasteiger partial charge in [-0.25, -0.2) is 18.7 Å². The van der Waals surface area contributed by atoms with E-state index in [-0.39, 0.29) is 18.1 Å². The van der Waals surface area contributed by atoms with E-state index in [2.05, 4.69) is 36.0 Å². The molecule has 0 amide bonds. The van der Waals surface area contributed by atoms with Crippen LogP contribution in [0.3, 0.4) is 0 Å². The van der Waals surface area contributed by atoms with E-state index in [1.54, 1.807) is 0 Å². The highest BCUT2D eigenvalue weighted by Crippen LogP contribution is 2.34. The van der Waals surface area contributed by atoms with Crippen LogP contribution in [0.4, 0.5) is 19.7 Å². The van der Waals surface area contributed by atoms with Crippen molar-refractivity contribution in [3.05, 3.63) is 57.6 Å². The van der Waals surface area contributed by atoms with Crippen molar-refractivity contribution in [1.29, 1.82) is 0 Å². The summed E-state index contributed by atoms with van der Waals surface area (Å²) in [6.45, 7) is 0. The van der Waals surface area contributed by atoms with Crippen LogP contribution in [-0.4, -0.2) is 23.0 Å². The molecule has 2 aromatic heterocycles. The van der Waals surface area contributed by atoms with E-state index in [4.69, 9.17) is 4.74 Å². The fourth-order valence-electron chi connectivity index (χ4n) is 2.18. The molecule has 0 aliphatic carbocycles. The predicted molar refractivity (Wildman–Crippen MR) is 104 cm³/mol. The number of halogens is 3. The van der Waals surface area contributed by atoms with Gasteiger partial charge in [-0.3, -0.25) is 4.79 Å². The highest BCUT2D eigenvalue weighted by Gasteiger charge is 2.14. The van der Waals surface area contributed by atoms with Gasteiger partial charge >= 0.3 is 5.97 Å². The first-order chi connectivity index (χ1) is 13.5. The topological polar surface area (TPSA) is 73.3 Å². The van der Waals surface area contributed by atoms with Crippen molar-refractivity contribution in [1.82, 2.24) is 9.97 Å². The van der Waals surface area contributed by atoms with Gasteiger partial charge in [0.2, 0.25) is 0 Å². The fourth-order valence-corrected chi connectivity index (χ4v) is 3.23. The molecule has 6 nitrogen and oxygen atoms in total. The first-order valence-electron chi connectivity index (χ1n) is 8.02. The number of nitrogens with one attached hydrogen (secondary N) is 1. The zero-order chi connectivity index (χ0) is 20.1. The largest absolute Gasteiger partial charge is 0.469 e. The molecule has 146 valence electrons. The molecule has 1 aromatic carbocycles. The number of thiazole rings is 1. The van der Waals surface area contributed by atoms with Gasteiger partial charge in [0.25, 0.3) is 0 Å². The van der Waals surface area contributed by atoms with Gasteiger partial charge in [-0.05, 0) is 28.1 Å². The zero-order valence-electron chi connectivity index (χ0n) is 14.5. The monoisotopic (exact) mass is 469 g/mol. The predicted octanol–water partition coefficient (Wildman–Crippen LogP) is 5.22. The van der Waals surface area contributed by atoms with E-state index in [0.717, 1.165) is 17.8 Å². The van der Waals surface area contributed by atoms with Crippen LogP contribution in [0.1, 0.15) is 12.1 Å². The number of aromatic nitrogens is 2. The molecule has 2 heterocycles. The van der Waals surface area contributed by atoms with E-state index in [9.17, 15) is 13.6 Å². The summed E-state index contributed by atoms with van der Waals surface area (Å²) >= 11 is 4.59. The number of ether oxygens (including phenoxy) is 2. The fraction of sp³-hybridized carbons (Fsp3) is 0.167. The number of para-hydroxylation sites is 1. The molecular formula is C18H14BrF2N3O3S. The van der Waals surface area contributed by atoms with E-state index in [1.807, 2.05) is 5.38 Å². The van der Waals surface area contributed by atoms with Gasteiger partial charge in [0.15, 0.2) is 22.5 Å². The highest BCUT2D eigenvalue weighted by molar-refractivity contribution is 9.10. The number of aryl methyl sites for hydroxylation is 1. The Bertz CT molecular complexity index is 980. The quantitative estimate of drug-likeness (QED) is 0.478. The molecule has 0 aliphatic rings. The third-order valence-corrected chi connectivity index (χ3v) is 4.95. The molecule has 0 saturated heterocycles. The SMILES string of the molecule is COC(=O)CCc1csc(Nc2cc(Oc3c(F)cccc3F)c(Br)cn2)n1. The molecule has 0 atom stereocenters. The second kappa shape index (κ2) is 9.07. The number of methoxy groups -OCH3 is 1. The number of nitrogens with zero attached hydrogens (tertiary/aromatic N) is 2. The van der Waals surface area contributed by atoms with Crippen molar-refractivity contribution < 1.29 is 23.0 Å². The van der Waals surface area contributed by atoms with E-state index in [0.29, 0.717) is 21.8 Å².